The average molecular weight is 1480 g/mol. The van der Waals surface area contributed by atoms with Crippen molar-refractivity contribution in [3.8, 4) is 0 Å². The Labute approximate surface area is 669 Å². The molecule has 0 atom stereocenters. The number of anilines is 26. The highest BCUT2D eigenvalue weighted by Gasteiger charge is 2.34. The Bertz CT molecular complexity index is 5510. The van der Waals surface area contributed by atoms with Gasteiger partial charge in [-0.2, -0.15) is 0 Å². The predicted molar refractivity (Wildman–Crippen MR) is 481 cm³/mol. The Hall–Kier alpha value is -14.5. The van der Waals surface area contributed by atoms with Gasteiger partial charge >= 0.3 is 0 Å². The monoisotopic (exact) mass is 1470 g/mol. The number of benzene rings is 16. The van der Waals surface area contributed by atoms with Gasteiger partial charge in [-0.1, -0.05) is 192 Å². The van der Waals surface area contributed by atoms with E-state index in [0.29, 0.717) is 0 Å². The van der Waals surface area contributed by atoms with E-state index >= 15 is 0 Å². The van der Waals surface area contributed by atoms with Gasteiger partial charge in [0.15, 0.2) is 0 Å². The van der Waals surface area contributed by atoms with Crippen LogP contribution in [-0.4, -0.2) is 14.1 Å². The van der Waals surface area contributed by atoms with Gasteiger partial charge in [0.05, 0.1) is 91.0 Å². The third-order valence-electron chi connectivity index (χ3n) is 22.6. The third-order valence-corrected chi connectivity index (χ3v) is 22.6. The molecule has 4 heterocycles. The molecule has 20 rings (SSSR count). The van der Waals surface area contributed by atoms with Crippen LogP contribution in [0.4, 0.5) is 148 Å². The second-order valence-electron chi connectivity index (χ2n) is 29.9. The first kappa shape index (κ1) is 69.9. The lowest BCUT2D eigenvalue weighted by molar-refractivity contribution is 0.956. The van der Waals surface area contributed by atoms with Gasteiger partial charge in [0.1, 0.15) is 0 Å². The number of para-hydroxylation sites is 16. The molecule has 0 spiro atoms. The van der Waals surface area contributed by atoms with E-state index in [1.165, 1.54) is 102 Å². The van der Waals surface area contributed by atoms with Crippen LogP contribution in [0.5, 0.6) is 0 Å². The summed E-state index contributed by atoms with van der Waals surface area (Å²) in [6.07, 6.45) is 0. The molecule has 552 valence electrons. The fourth-order valence-electron chi connectivity index (χ4n) is 16.8. The van der Waals surface area contributed by atoms with E-state index in [-0.39, 0.29) is 0 Å². The maximum atomic E-state index is 2.46. The van der Waals surface area contributed by atoms with Crippen molar-refractivity contribution >= 4 is 148 Å². The highest BCUT2D eigenvalue weighted by molar-refractivity contribution is 6.02. The first-order chi connectivity index (χ1) is 56.0. The molecular formula is C104H86N10. The van der Waals surface area contributed by atoms with Crippen molar-refractivity contribution in [2.45, 2.75) is 40.8 Å². The zero-order valence-corrected chi connectivity index (χ0v) is 64.8. The molecule has 10 heteroatoms. The second-order valence-corrected chi connectivity index (χ2v) is 29.9. The number of aryl methyl sites for hydroxylation is 4. The van der Waals surface area contributed by atoms with Crippen LogP contribution < -0.4 is 49.0 Å². The number of nitrogens with zero attached hydrogens (tertiary/aromatic N) is 10. The minimum atomic E-state index is 0.735. The summed E-state index contributed by atoms with van der Waals surface area (Å²) in [5.41, 5.74) is 37.5. The van der Waals surface area contributed by atoms with E-state index in [0.717, 1.165) is 92.7 Å². The van der Waals surface area contributed by atoms with Gasteiger partial charge in [-0.25, -0.2) is 0 Å². The number of hydrogen-bond donors (Lipinski definition) is 0. The van der Waals surface area contributed by atoms with E-state index in [1.807, 2.05) is 0 Å². The van der Waals surface area contributed by atoms with Gasteiger partial charge in [0, 0.05) is 84.1 Å². The fourth-order valence-corrected chi connectivity index (χ4v) is 16.8. The molecule has 0 bridgehead atoms. The summed E-state index contributed by atoms with van der Waals surface area (Å²) >= 11 is 0. The fraction of sp³-hybridized carbons (Fsp3) is 0.0769. The van der Waals surface area contributed by atoms with Crippen LogP contribution in [0.2, 0.25) is 0 Å². The van der Waals surface area contributed by atoms with Gasteiger partial charge in [0.25, 0.3) is 0 Å². The summed E-state index contributed by atoms with van der Waals surface area (Å²) < 4.78 is 0. The number of hydrogen-bond acceptors (Lipinski definition) is 10. The molecule has 4 aliphatic heterocycles. The summed E-state index contributed by atoms with van der Waals surface area (Å²) in [6, 6.07) is 141. The number of rotatable bonds is 14. The zero-order chi connectivity index (χ0) is 76.9. The van der Waals surface area contributed by atoms with Crippen LogP contribution in [-0.2, 0) is 13.1 Å². The van der Waals surface area contributed by atoms with Gasteiger partial charge in [-0.05, 0) is 257 Å². The van der Waals surface area contributed by atoms with Crippen LogP contribution in [0.15, 0.2) is 388 Å². The molecule has 0 amide bonds. The minimum Gasteiger partial charge on any atom is -0.341 e. The Balaban J connectivity index is 0.000000153. The molecule has 0 N–H and O–H groups in total. The average Bonchev–Trinajstić information content (AvgIpc) is 0.737. The molecule has 16 aromatic carbocycles. The third kappa shape index (κ3) is 12.9. The first-order valence-electron chi connectivity index (χ1n) is 39.2. The van der Waals surface area contributed by atoms with E-state index in [9.17, 15) is 0 Å². The molecular weight excluding hydrogens is 1390 g/mol. The van der Waals surface area contributed by atoms with Gasteiger partial charge in [-0.3, -0.25) is 0 Å². The maximum Gasteiger partial charge on any atom is 0.0699 e. The van der Waals surface area contributed by atoms with Gasteiger partial charge in [0.2, 0.25) is 0 Å². The van der Waals surface area contributed by atoms with Crippen LogP contribution in [0.25, 0.3) is 0 Å². The maximum absolute atomic E-state index is 2.46. The molecule has 4 aliphatic rings. The lowest BCUT2D eigenvalue weighted by Gasteiger charge is -2.40. The summed E-state index contributed by atoms with van der Waals surface area (Å²) in [7, 11) is 4.30. The summed E-state index contributed by atoms with van der Waals surface area (Å²) in [5, 5.41) is 0. The van der Waals surface area contributed by atoms with E-state index in [1.54, 1.807) is 0 Å². The van der Waals surface area contributed by atoms with Crippen molar-refractivity contribution in [2.75, 3.05) is 63.1 Å². The van der Waals surface area contributed by atoms with Crippen molar-refractivity contribution < 1.29 is 0 Å². The van der Waals surface area contributed by atoms with Gasteiger partial charge < -0.3 is 49.0 Å². The van der Waals surface area contributed by atoms with Crippen LogP contribution in [0.1, 0.15) is 33.4 Å². The highest BCUT2D eigenvalue weighted by Crippen LogP contribution is 2.57. The van der Waals surface area contributed by atoms with Crippen molar-refractivity contribution in [3.63, 3.8) is 0 Å². The Morgan fingerprint density at radius 3 is 0.535 bits per heavy atom. The molecule has 0 saturated heterocycles. The largest absolute Gasteiger partial charge is 0.341 e. The number of fused-ring (bicyclic) bond motifs is 8. The second kappa shape index (κ2) is 29.7. The highest BCUT2D eigenvalue weighted by atomic mass is 15.3. The van der Waals surface area contributed by atoms with Crippen molar-refractivity contribution in [1.82, 2.24) is 0 Å². The normalized spacial score (nSPS) is 12.8. The van der Waals surface area contributed by atoms with Crippen LogP contribution in [0.3, 0.4) is 0 Å². The smallest absolute Gasteiger partial charge is 0.0699 e. The van der Waals surface area contributed by atoms with Crippen molar-refractivity contribution in [1.29, 1.82) is 0 Å². The van der Waals surface area contributed by atoms with Crippen LogP contribution in [0, 0.1) is 27.7 Å². The lowest BCUT2D eigenvalue weighted by atomic mass is 10.0. The standard InChI is InChI=1S/2C52H43N5/c2*1-37-20-26-40(27-21-37)55(41-28-22-38(2)23-29-41)42-32-34-44(35-33-42)57-51-18-10-6-14-47(51)54(48-15-7-11-19-52(48)57)36-39-24-30-43(31-25-39)56-49-16-8-4-12-45(49)53(3)46-13-5-9-17-50(46)56/h2*4-35H,36H2,1-3H3. The molecule has 10 nitrogen and oxygen atoms in total. The zero-order valence-electron chi connectivity index (χ0n) is 64.8. The summed E-state index contributed by atoms with van der Waals surface area (Å²) in [6.45, 7) is 10.0. The molecule has 0 saturated carbocycles. The molecule has 0 radical (unpaired) electrons. The SMILES string of the molecule is Cc1ccc(N(c2ccc(C)cc2)c2ccc(N3c4ccccc4N(Cc4ccc(N5c6ccccc6N(C)c6ccccc65)cc4)c4ccccc43)cc2)cc1.Cc1ccc(N(c2ccc(C)cc2)c2ccc(N3c4ccccc4N(Cc4ccc(N5c6ccccc6N(C)c6ccccc65)cc4)c4ccccc43)cc2)cc1. The molecule has 114 heavy (non-hydrogen) atoms. The Kier molecular flexibility index (Phi) is 18.2. The topological polar surface area (TPSA) is 32.4 Å². The Morgan fingerprint density at radius 1 is 0.175 bits per heavy atom. The molecule has 0 aromatic heterocycles. The van der Waals surface area contributed by atoms with Crippen molar-refractivity contribution in [3.05, 3.63) is 422 Å². The lowest BCUT2D eigenvalue weighted by Crippen LogP contribution is -2.27. The van der Waals surface area contributed by atoms with Crippen molar-refractivity contribution in [2.24, 2.45) is 0 Å². The van der Waals surface area contributed by atoms with E-state index < -0.39 is 0 Å². The van der Waals surface area contributed by atoms with E-state index in [2.05, 4.69) is 479 Å². The molecule has 0 fully saturated rings. The molecule has 0 aliphatic carbocycles. The molecule has 0 unspecified atom stereocenters. The summed E-state index contributed by atoms with van der Waals surface area (Å²) in [4.78, 5) is 23.7. The summed E-state index contributed by atoms with van der Waals surface area (Å²) in [5.74, 6) is 0. The quantitative estimate of drug-likeness (QED) is 0.105. The molecule has 16 aromatic rings. The Morgan fingerprint density at radius 2 is 0.333 bits per heavy atom. The van der Waals surface area contributed by atoms with Crippen LogP contribution >= 0.6 is 0 Å². The van der Waals surface area contributed by atoms with Gasteiger partial charge in [-0.15, -0.1) is 0 Å². The van der Waals surface area contributed by atoms with E-state index in [4.69, 9.17) is 0 Å². The predicted octanol–water partition coefficient (Wildman–Crippen LogP) is 28.9. The minimum absolute atomic E-state index is 0.735. The first-order valence-corrected chi connectivity index (χ1v) is 39.2.